The monoisotopic (exact) mass is 189 g/mol. The molecule has 0 radical (unpaired) electrons. The summed E-state index contributed by atoms with van der Waals surface area (Å²) >= 11 is 0. The molecule has 0 saturated heterocycles. The molecule has 0 unspecified atom stereocenters. The second-order valence-electron chi connectivity index (χ2n) is 2.74. The lowest BCUT2D eigenvalue weighted by molar-refractivity contribution is 0.415. The fraction of sp³-hybridized carbons (Fsp3) is 0.182. The van der Waals surface area contributed by atoms with Crippen LogP contribution in [0.3, 0.4) is 0 Å². The summed E-state index contributed by atoms with van der Waals surface area (Å²) in [5.74, 6) is 0.792. The molecular weight excluding hydrogens is 178 g/mol. The Balaban J connectivity index is 2.76. The van der Waals surface area contributed by atoms with Crippen LogP contribution >= 0.6 is 0 Å². The number of ether oxygens (including phenoxy) is 1. The van der Waals surface area contributed by atoms with Gasteiger partial charge in [-0.3, -0.25) is 0 Å². The third kappa shape index (κ3) is 2.57. The van der Waals surface area contributed by atoms with Crippen molar-refractivity contribution in [1.29, 1.82) is 0 Å². The predicted octanol–water partition coefficient (Wildman–Crippen LogP) is 2.04. The molecule has 0 aliphatic heterocycles. The zero-order valence-electron chi connectivity index (χ0n) is 7.99. The highest BCUT2D eigenvalue weighted by Gasteiger charge is 1.97. The molecule has 0 heterocycles. The summed E-state index contributed by atoms with van der Waals surface area (Å²) in [5.41, 5.74) is 1.74. The highest BCUT2D eigenvalue weighted by molar-refractivity contribution is 5.66. The molecule has 1 rings (SSSR count). The third-order valence-corrected chi connectivity index (χ3v) is 1.83. The van der Waals surface area contributed by atoms with Crippen molar-refractivity contribution in [3.8, 4) is 5.75 Å². The van der Waals surface area contributed by atoms with Gasteiger partial charge >= 0.3 is 0 Å². The lowest BCUT2D eigenvalue weighted by atomic mass is 10.1. The Morgan fingerprint density at radius 1 is 1.50 bits per heavy atom. The molecule has 1 aromatic rings. The summed E-state index contributed by atoms with van der Waals surface area (Å²) < 4.78 is 5.01. The van der Waals surface area contributed by atoms with E-state index in [1.807, 2.05) is 24.3 Å². The molecule has 0 fully saturated rings. The first kappa shape index (κ1) is 10.2. The molecule has 0 atom stereocenters. The number of rotatable bonds is 4. The Kier molecular flexibility index (Phi) is 3.65. The number of isocyanates is 1. The maximum absolute atomic E-state index is 9.89. The highest BCUT2D eigenvalue weighted by Crippen LogP contribution is 2.17. The molecule has 0 spiro atoms. The fourth-order valence-corrected chi connectivity index (χ4v) is 1.05. The molecule has 0 amide bonds. The summed E-state index contributed by atoms with van der Waals surface area (Å²) in [6, 6.07) is 7.43. The molecular formula is C11H11NO2. The minimum absolute atomic E-state index is 0.288. The number of hydrogen-bond acceptors (Lipinski definition) is 3. The van der Waals surface area contributed by atoms with Crippen LogP contribution in [0.2, 0.25) is 0 Å². The van der Waals surface area contributed by atoms with Crippen LogP contribution in [0.4, 0.5) is 0 Å². The summed E-state index contributed by atoms with van der Waals surface area (Å²) in [4.78, 5) is 13.3. The average Bonchev–Trinajstić information content (AvgIpc) is 2.26. The molecule has 0 bridgehead atoms. The van der Waals surface area contributed by atoms with Crippen molar-refractivity contribution in [2.24, 2.45) is 4.99 Å². The van der Waals surface area contributed by atoms with Gasteiger partial charge in [-0.05, 0) is 23.3 Å². The molecule has 0 saturated carbocycles. The van der Waals surface area contributed by atoms with Gasteiger partial charge in [-0.15, -0.1) is 0 Å². The van der Waals surface area contributed by atoms with Crippen LogP contribution in [0.1, 0.15) is 5.56 Å². The van der Waals surface area contributed by atoms with Crippen LogP contribution in [0.15, 0.2) is 35.8 Å². The van der Waals surface area contributed by atoms with E-state index < -0.39 is 0 Å². The van der Waals surface area contributed by atoms with Crippen molar-refractivity contribution in [2.45, 2.75) is 0 Å². The van der Waals surface area contributed by atoms with Gasteiger partial charge in [0.2, 0.25) is 6.08 Å². The van der Waals surface area contributed by atoms with Gasteiger partial charge in [0.05, 0.1) is 13.7 Å². The summed E-state index contributed by atoms with van der Waals surface area (Å²) in [5, 5.41) is 0. The summed E-state index contributed by atoms with van der Waals surface area (Å²) in [6.07, 6.45) is 1.48. The summed E-state index contributed by atoms with van der Waals surface area (Å²) in [6.45, 7) is 4.09. The number of methoxy groups -OCH3 is 1. The number of aliphatic imine (C=N–C) groups is 1. The molecule has 3 heteroatoms. The van der Waals surface area contributed by atoms with E-state index in [2.05, 4.69) is 11.6 Å². The Morgan fingerprint density at radius 3 is 2.64 bits per heavy atom. The van der Waals surface area contributed by atoms with Crippen molar-refractivity contribution in [3.05, 3.63) is 36.4 Å². The van der Waals surface area contributed by atoms with Crippen molar-refractivity contribution in [1.82, 2.24) is 0 Å². The van der Waals surface area contributed by atoms with Gasteiger partial charge in [0.15, 0.2) is 0 Å². The van der Waals surface area contributed by atoms with E-state index >= 15 is 0 Å². The van der Waals surface area contributed by atoms with E-state index in [0.717, 1.165) is 16.9 Å². The zero-order valence-corrected chi connectivity index (χ0v) is 7.99. The minimum Gasteiger partial charge on any atom is -0.497 e. The molecule has 3 nitrogen and oxygen atoms in total. The molecule has 1 aromatic carbocycles. The van der Waals surface area contributed by atoms with Gasteiger partial charge in [-0.25, -0.2) is 9.79 Å². The van der Waals surface area contributed by atoms with Gasteiger partial charge in [0, 0.05) is 0 Å². The van der Waals surface area contributed by atoms with Crippen LogP contribution in [0.5, 0.6) is 5.75 Å². The van der Waals surface area contributed by atoms with Crippen molar-refractivity contribution >= 4 is 11.7 Å². The lowest BCUT2D eigenvalue weighted by Crippen LogP contribution is -1.88. The van der Waals surface area contributed by atoms with Crippen LogP contribution < -0.4 is 4.74 Å². The predicted molar refractivity (Wildman–Crippen MR) is 55.0 cm³/mol. The Bertz CT molecular complexity index is 361. The third-order valence-electron chi connectivity index (χ3n) is 1.83. The van der Waals surface area contributed by atoms with E-state index in [4.69, 9.17) is 4.74 Å². The Labute approximate surface area is 82.7 Å². The van der Waals surface area contributed by atoms with Gasteiger partial charge in [0.25, 0.3) is 0 Å². The topological polar surface area (TPSA) is 38.7 Å². The van der Waals surface area contributed by atoms with Crippen molar-refractivity contribution in [2.75, 3.05) is 13.7 Å². The highest BCUT2D eigenvalue weighted by atomic mass is 16.5. The van der Waals surface area contributed by atoms with Crippen LogP contribution in [0, 0.1) is 0 Å². The zero-order chi connectivity index (χ0) is 10.4. The minimum atomic E-state index is 0.288. The van der Waals surface area contributed by atoms with Gasteiger partial charge < -0.3 is 4.74 Å². The largest absolute Gasteiger partial charge is 0.497 e. The molecule has 0 aromatic heterocycles. The number of carbonyl (C=O) groups excluding carboxylic acids is 1. The molecule has 72 valence electrons. The second kappa shape index (κ2) is 5.00. The normalized spacial score (nSPS) is 8.93. The van der Waals surface area contributed by atoms with Crippen molar-refractivity contribution in [3.63, 3.8) is 0 Å². The standard InChI is InChI=1S/C11H11NO2/c1-9(7-12-8-13)10-3-5-11(14-2)6-4-10/h3-6H,1,7H2,2H3. The Morgan fingerprint density at radius 2 is 2.14 bits per heavy atom. The van der Waals surface area contributed by atoms with Gasteiger partial charge in [0.1, 0.15) is 5.75 Å². The fourth-order valence-electron chi connectivity index (χ4n) is 1.05. The van der Waals surface area contributed by atoms with Crippen molar-refractivity contribution < 1.29 is 9.53 Å². The number of benzene rings is 1. The molecule has 14 heavy (non-hydrogen) atoms. The van der Waals surface area contributed by atoms with Crippen LogP contribution in [-0.4, -0.2) is 19.7 Å². The molecule has 0 N–H and O–H groups in total. The average molecular weight is 189 g/mol. The van der Waals surface area contributed by atoms with E-state index in [1.54, 1.807) is 7.11 Å². The second-order valence-corrected chi connectivity index (χ2v) is 2.74. The first-order valence-electron chi connectivity index (χ1n) is 4.13. The number of hydrogen-bond donors (Lipinski definition) is 0. The first-order chi connectivity index (χ1) is 6.77. The van der Waals surface area contributed by atoms with Crippen LogP contribution in [0.25, 0.3) is 5.57 Å². The maximum atomic E-state index is 9.89. The molecule has 0 aliphatic carbocycles. The van der Waals surface area contributed by atoms with E-state index in [1.165, 1.54) is 6.08 Å². The van der Waals surface area contributed by atoms with E-state index in [9.17, 15) is 4.79 Å². The molecule has 0 aliphatic rings. The smallest absolute Gasteiger partial charge is 0.235 e. The van der Waals surface area contributed by atoms with E-state index in [0.29, 0.717) is 0 Å². The Hall–Kier alpha value is -1.86. The van der Waals surface area contributed by atoms with Crippen LogP contribution in [-0.2, 0) is 4.79 Å². The maximum Gasteiger partial charge on any atom is 0.235 e. The van der Waals surface area contributed by atoms with Gasteiger partial charge in [-0.2, -0.15) is 0 Å². The van der Waals surface area contributed by atoms with Gasteiger partial charge in [-0.1, -0.05) is 18.7 Å². The summed E-state index contributed by atoms with van der Waals surface area (Å²) in [7, 11) is 1.61. The number of nitrogens with zero attached hydrogens (tertiary/aromatic N) is 1. The first-order valence-corrected chi connectivity index (χ1v) is 4.13. The van der Waals surface area contributed by atoms with E-state index in [-0.39, 0.29) is 6.54 Å². The SMILES string of the molecule is C=C(CN=C=O)c1ccc(OC)cc1. The quantitative estimate of drug-likeness (QED) is 0.537. The lowest BCUT2D eigenvalue weighted by Gasteiger charge is -2.03.